The molecule has 2 atom stereocenters. The van der Waals surface area contributed by atoms with E-state index in [1.165, 1.54) is 12.8 Å². The van der Waals surface area contributed by atoms with Crippen LogP contribution in [0.4, 0.5) is 0 Å². The summed E-state index contributed by atoms with van der Waals surface area (Å²) in [5, 5.41) is 14.0. The van der Waals surface area contributed by atoms with Gasteiger partial charge in [0, 0.05) is 12.1 Å². The number of aliphatic hydroxyl groups is 1. The lowest BCUT2D eigenvalue weighted by atomic mass is 9.99. The molecule has 0 radical (unpaired) electrons. The van der Waals surface area contributed by atoms with Crippen LogP contribution < -0.4 is 14.8 Å². The molecule has 1 aliphatic carbocycles. The van der Waals surface area contributed by atoms with Gasteiger partial charge in [-0.15, -0.1) is 0 Å². The molecule has 1 aliphatic heterocycles. The minimum absolute atomic E-state index is 0.107. The maximum absolute atomic E-state index is 10.5. The van der Waals surface area contributed by atoms with Gasteiger partial charge in [-0.05, 0) is 37.0 Å². The smallest absolute Gasteiger partial charge is 0.161 e. The van der Waals surface area contributed by atoms with Crippen molar-refractivity contribution in [1.29, 1.82) is 0 Å². The number of hydrogen-bond acceptors (Lipinski definition) is 4. The Morgan fingerprint density at radius 3 is 2.68 bits per heavy atom. The summed E-state index contributed by atoms with van der Waals surface area (Å²) in [6, 6.07) is 6.41. The average Bonchev–Trinajstić information content (AvgIpc) is 3.27. The Labute approximate surface area is 113 Å². The maximum Gasteiger partial charge on any atom is 0.161 e. The minimum Gasteiger partial charge on any atom is -0.486 e. The van der Waals surface area contributed by atoms with Gasteiger partial charge in [0.15, 0.2) is 11.5 Å². The van der Waals surface area contributed by atoms with Crippen molar-refractivity contribution in [2.24, 2.45) is 0 Å². The van der Waals surface area contributed by atoms with Crippen LogP contribution in [0.15, 0.2) is 18.2 Å². The standard InChI is InChI=1S/C15H21NO3/c1-2-12(16-11-4-5-11)15(17)10-3-6-13-14(9-10)19-8-7-18-13/h3,6,9,11-12,15-17H,2,4-5,7-8H2,1H3. The number of nitrogens with one attached hydrogen (secondary N) is 1. The Morgan fingerprint density at radius 1 is 1.26 bits per heavy atom. The predicted octanol–water partition coefficient (Wildman–Crippen LogP) is 2.02. The highest BCUT2D eigenvalue weighted by molar-refractivity contribution is 5.44. The Bertz CT molecular complexity index is 445. The second-order valence-electron chi connectivity index (χ2n) is 5.30. The zero-order chi connectivity index (χ0) is 13.2. The highest BCUT2D eigenvalue weighted by Gasteiger charge is 2.28. The fourth-order valence-corrected chi connectivity index (χ4v) is 2.46. The zero-order valence-electron chi connectivity index (χ0n) is 11.3. The molecule has 19 heavy (non-hydrogen) atoms. The number of aliphatic hydroxyl groups excluding tert-OH is 1. The summed E-state index contributed by atoms with van der Waals surface area (Å²) in [5.74, 6) is 1.51. The first-order valence-corrected chi connectivity index (χ1v) is 7.11. The van der Waals surface area contributed by atoms with Crippen molar-refractivity contribution in [2.75, 3.05) is 13.2 Å². The van der Waals surface area contributed by atoms with Crippen molar-refractivity contribution in [3.63, 3.8) is 0 Å². The quantitative estimate of drug-likeness (QED) is 0.853. The summed E-state index contributed by atoms with van der Waals surface area (Å²) in [5.41, 5.74) is 0.893. The van der Waals surface area contributed by atoms with E-state index in [2.05, 4.69) is 12.2 Å². The summed E-state index contributed by atoms with van der Waals surface area (Å²) in [6.45, 7) is 3.26. The van der Waals surface area contributed by atoms with Crippen molar-refractivity contribution in [1.82, 2.24) is 5.32 Å². The molecule has 0 saturated heterocycles. The first-order valence-electron chi connectivity index (χ1n) is 7.11. The molecule has 2 N–H and O–H groups in total. The van der Waals surface area contributed by atoms with Gasteiger partial charge in [-0.25, -0.2) is 0 Å². The Morgan fingerprint density at radius 2 is 2.00 bits per heavy atom. The molecule has 3 rings (SSSR count). The number of benzene rings is 1. The van der Waals surface area contributed by atoms with E-state index >= 15 is 0 Å². The number of fused-ring (bicyclic) bond motifs is 1. The van der Waals surface area contributed by atoms with E-state index in [0.717, 1.165) is 23.5 Å². The molecule has 104 valence electrons. The summed E-state index contributed by atoms with van der Waals surface area (Å²) in [6.07, 6.45) is 2.86. The molecule has 0 amide bonds. The van der Waals surface area contributed by atoms with Crippen LogP contribution >= 0.6 is 0 Å². The second kappa shape index (κ2) is 5.39. The molecule has 4 nitrogen and oxygen atoms in total. The number of hydrogen-bond donors (Lipinski definition) is 2. The van der Waals surface area contributed by atoms with Gasteiger partial charge in [0.2, 0.25) is 0 Å². The van der Waals surface area contributed by atoms with E-state index in [0.29, 0.717) is 19.3 Å². The number of rotatable bonds is 5. The van der Waals surface area contributed by atoms with Gasteiger partial charge in [-0.2, -0.15) is 0 Å². The largest absolute Gasteiger partial charge is 0.486 e. The summed E-state index contributed by atoms with van der Waals surface area (Å²) in [7, 11) is 0. The highest BCUT2D eigenvalue weighted by atomic mass is 16.6. The third-order valence-electron chi connectivity index (χ3n) is 3.76. The Balaban J connectivity index is 1.75. The predicted molar refractivity (Wildman–Crippen MR) is 72.6 cm³/mol. The Hall–Kier alpha value is -1.26. The lowest BCUT2D eigenvalue weighted by molar-refractivity contribution is 0.123. The monoisotopic (exact) mass is 263 g/mol. The molecule has 1 aromatic rings. The third-order valence-corrected chi connectivity index (χ3v) is 3.76. The van der Waals surface area contributed by atoms with E-state index in [1.807, 2.05) is 18.2 Å². The van der Waals surface area contributed by atoms with E-state index < -0.39 is 6.10 Å². The summed E-state index contributed by atoms with van der Waals surface area (Å²) < 4.78 is 11.1. The molecule has 0 spiro atoms. The topological polar surface area (TPSA) is 50.7 Å². The molecule has 1 heterocycles. The zero-order valence-corrected chi connectivity index (χ0v) is 11.3. The lowest BCUT2D eigenvalue weighted by Gasteiger charge is -2.25. The number of ether oxygens (including phenoxy) is 2. The van der Waals surface area contributed by atoms with Gasteiger partial charge in [0.05, 0.1) is 6.10 Å². The van der Waals surface area contributed by atoms with Gasteiger partial charge >= 0.3 is 0 Å². The van der Waals surface area contributed by atoms with Crippen molar-refractivity contribution < 1.29 is 14.6 Å². The van der Waals surface area contributed by atoms with E-state index in [1.54, 1.807) is 0 Å². The third kappa shape index (κ3) is 2.85. The SMILES string of the molecule is CCC(NC1CC1)C(O)c1ccc2c(c1)OCCO2. The van der Waals surface area contributed by atoms with E-state index in [9.17, 15) is 5.11 Å². The maximum atomic E-state index is 10.5. The lowest BCUT2D eigenvalue weighted by Crippen LogP contribution is -2.36. The normalized spacial score (nSPS) is 20.9. The van der Waals surface area contributed by atoms with E-state index in [-0.39, 0.29) is 6.04 Å². The molecule has 1 aromatic carbocycles. The minimum atomic E-state index is -0.499. The Kier molecular flexibility index (Phi) is 3.62. The molecule has 4 heteroatoms. The van der Waals surface area contributed by atoms with E-state index in [4.69, 9.17) is 9.47 Å². The van der Waals surface area contributed by atoms with Crippen LogP contribution in [0, 0.1) is 0 Å². The highest BCUT2D eigenvalue weighted by Crippen LogP contribution is 2.34. The van der Waals surface area contributed by atoms with Crippen molar-refractivity contribution >= 4 is 0 Å². The van der Waals surface area contributed by atoms with Crippen molar-refractivity contribution in [3.8, 4) is 11.5 Å². The van der Waals surface area contributed by atoms with Crippen LogP contribution in [0.3, 0.4) is 0 Å². The van der Waals surface area contributed by atoms with Gasteiger partial charge in [-0.3, -0.25) is 0 Å². The van der Waals surface area contributed by atoms with Crippen molar-refractivity contribution in [2.45, 2.75) is 44.4 Å². The first-order chi connectivity index (χ1) is 9.28. The molecule has 2 aliphatic rings. The molecule has 1 saturated carbocycles. The summed E-state index contributed by atoms with van der Waals surface area (Å²) >= 11 is 0. The second-order valence-corrected chi connectivity index (χ2v) is 5.30. The molecular formula is C15H21NO3. The van der Waals surface area contributed by atoms with Crippen molar-refractivity contribution in [3.05, 3.63) is 23.8 Å². The first kappa shape index (κ1) is 12.8. The van der Waals surface area contributed by atoms with Crippen LogP contribution in [-0.2, 0) is 0 Å². The van der Waals surface area contributed by atoms with Crippen LogP contribution in [0.1, 0.15) is 37.9 Å². The van der Waals surface area contributed by atoms with Crippen LogP contribution in [-0.4, -0.2) is 30.4 Å². The molecular weight excluding hydrogens is 242 g/mol. The van der Waals surface area contributed by atoms with Crippen LogP contribution in [0.25, 0.3) is 0 Å². The fraction of sp³-hybridized carbons (Fsp3) is 0.600. The van der Waals surface area contributed by atoms with Gasteiger partial charge in [0.1, 0.15) is 13.2 Å². The molecule has 1 fully saturated rings. The fourth-order valence-electron chi connectivity index (χ4n) is 2.46. The average molecular weight is 263 g/mol. The summed E-state index contributed by atoms with van der Waals surface area (Å²) in [4.78, 5) is 0. The van der Waals surface area contributed by atoms with Gasteiger partial charge in [-0.1, -0.05) is 13.0 Å². The molecule has 0 bridgehead atoms. The van der Waals surface area contributed by atoms with Gasteiger partial charge < -0.3 is 19.9 Å². The van der Waals surface area contributed by atoms with Gasteiger partial charge in [0.25, 0.3) is 0 Å². The molecule has 2 unspecified atom stereocenters. The van der Waals surface area contributed by atoms with Crippen LogP contribution in [0.5, 0.6) is 11.5 Å². The van der Waals surface area contributed by atoms with Crippen LogP contribution in [0.2, 0.25) is 0 Å². The molecule has 0 aromatic heterocycles.